The number of nitrogens with zero attached hydrogens (tertiary/aromatic N) is 3. The molecule has 0 aromatic heterocycles. The highest BCUT2D eigenvalue weighted by atomic mass is 16.5. The predicted molar refractivity (Wildman–Crippen MR) is 158 cm³/mol. The second-order valence-electron chi connectivity index (χ2n) is 11.5. The van der Waals surface area contributed by atoms with E-state index in [4.69, 9.17) is 14.5 Å². The average Bonchev–Trinajstić information content (AvgIpc) is 3.47. The van der Waals surface area contributed by atoms with Crippen LogP contribution in [0.1, 0.15) is 70.4 Å². The van der Waals surface area contributed by atoms with Crippen LogP contribution < -0.4 is 4.74 Å². The third-order valence-electron chi connectivity index (χ3n) is 8.50. The lowest BCUT2D eigenvalue weighted by Crippen LogP contribution is -2.46. The summed E-state index contributed by atoms with van der Waals surface area (Å²) in [6, 6.07) is 6.51. The number of ether oxygens (including phenoxy) is 2. The molecule has 0 bridgehead atoms. The first-order chi connectivity index (χ1) is 18.5. The van der Waals surface area contributed by atoms with Crippen LogP contribution in [0.25, 0.3) is 5.70 Å². The van der Waals surface area contributed by atoms with Crippen molar-refractivity contribution >= 4 is 11.4 Å². The Kier molecular flexibility index (Phi) is 8.42. The van der Waals surface area contributed by atoms with E-state index in [9.17, 15) is 0 Å². The first-order valence-electron chi connectivity index (χ1n) is 14.6. The van der Waals surface area contributed by atoms with E-state index in [1.54, 1.807) is 7.11 Å². The smallest absolute Gasteiger partial charge is 0.119 e. The number of fused-ring (bicyclic) bond motifs is 1. The monoisotopic (exact) mass is 515 g/mol. The van der Waals surface area contributed by atoms with Gasteiger partial charge in [0.25, 0.3) is 0 Å². The lowest BCUT2D eigenvalue weighted by Gasteiger charge is -2.38. The SMILES string of the molecule is CCCC1=C(C)C(C2=CC(OCC(C)CN3CCN(C4=CC(C)c5ccc(OC)cc54)CC3)=CCC2)=NC1. The number of rotatable bonds is 10. The maximum Gasteiger partial charge on any atom is 0.119 e. The summed E-state index contributed by atoms with van der Waals surface area (Å²) in [5, 5.41) is 0. The average molecular weight is 516 g/mol. The summed E-state index contributed by atoms with van der Waals surface area (Å²) >= 11 is 0. The summed E-state index contributed by atoms with van der Waals surface area (Å²) in [4.78, 5) is 10.0. The molecule has 2 aliphatic heterocycles. The van der Waals surface area contributed by atoms with Crippen molar-refractivity contribution in [1.82, 2.24) is 9.80 Å². The van der Waals surface area contributed by atoms with Crippen LogP contribution >= 0.6 is 0 Å². The Bertz CT molecular complexity index is 1180. The first-order valence-corrected chi connectivity index (χ1v) is 14.6. The molecule has 0 amide bonds. The van der Waals surface area contributed by atoms with Crippen molar-refractivity contribution in [2.75, 3.05) is 53.0 Å². The van der Waals surface area contributed by atoms with Crippen molar-refractivity contribution in [3.8, 4) is 5.75 Å². The molecular weight excluding hydrogens is 470 g/mol. The summed E-state index contributed by atoms with van der Waals surface area (Å²) in [6.07, 6.45) is 11.4. The van der Waals surface area contributed by atoms with Gasteiger partial charge in [-0.15, -0.1) is 0 Å². The van der Waals surface area contributed by atoms with Crippen LogP contribution in [0.4, 0.5) is 0 Å². The Labute approximate surface area is 229 Å². The second kappa shape index (κ2) is 11.9. The fourth-order valence-corrected chi connectivity index (χ4v) is 6.33. The minimum atomic E-state index is 0.462. The summed E-state index contributed by atoms with van der Waals surface area (Å²) in [5.74, 6) is 2.91. The minimum absolute atomic E-state index is 0.462. The third-order valence-corrected chi connectivity index (χ3v) is 8.50. The van der Waals surface area contributed by atoms with Gasteiger partial charge in [-0.25, -0.2) is 0 Å². The van der Waals surface area contributed by atoms with Gasteiger partial charge in [0.1, 0.15) is 11.5 Å². The highest BCUT2D eigenvalue weighted by Crippen LogP contribution is 2.39. The van der Waals surface area contributed by atoms with Crippen LogP contribution in [0.5, 0.6) is 5.75 Å². The predicted octanol–water partition coefficient (Wildman–Crippen LogP) is 6.60. The van der Waals surface area contributed by atoms with E-state index in [1.165, 1.54) is 45.7 Å². The molecule has 4 aliphatic rings. The lowest BCUT2D eigenvalue weighted by atomic mass is 9.93. The van der Waals surface area contributed by atoms with Gasteiger partial charge in [-0.3, -0.25) is 9.89 Å². The fraction of sp³-hybridized carbons (Fsp3) is 0.545. The number of methoxy groups -OCH3 is 1. The lowest BCUT2D eigenvalue weighted by molar-refractivity contribution is 0.117. The summed E-state index contributed by atoms with van der Waals surface area (Å²) < 4.78 is 11.8. The molecular formula is C33H45N3O2. The molecule has 1 saturated heterocycles. The molecule has 5 nitrogen and oxygen atoms in total. The maximum atomic E-state index is 6.32. The van der Waals surface area contributed by atoms with Crippen molar-refractivity contribution in [1.29, 1.82) is 0 Å². The Balaban J connectivity index is 1.10. The molecule has 38 heavy (non-hydrogen) atoms. The Morgan fingerprint density at radius 3 is 2.74 bits per heavy atom. The topological polar surface area (TPSA) is 37.3 Å². The normalized spacial score (nSPS) is 22.6. The number of aliphatic imine (C=N–C) groups is 1. The van der Waals surface area contributed by atoms with Gasteiger partial charge in [-0.2, -0.15) is 0 Å². The van der Waals surface area contributed by atoms with Crippen LogP contribution in [0.15, 0.2) is 63.9 Å². The molecule has 1 fully saturated rings. The molecule has 0 radical (unpaired) electrons. The van der Waals surface area contributed by atoms with Gasteiger partial charge >= 0.3 is 0 Å². The van der Waals surface area contributed by atoms with Gasteiger partial charge in [-0.1, -0.05) is 39.3 Å². The van der Waals surface area contributed by atoms with E-state index in [1.807, 2.05) is 0 Å². The van der Waals surface area contributed by atoms with E-state index in [-0.39, 0.29) is 0 Å². The number of hydrogen-bond donors (Lipinski definition) is 0. The van der Waals surface area contributed by atoms with E-state index in [0.29, 0.717) is 11.8 Å². The molecule has 5 rings (SSSR count). The largest absolute Gasteiger partial charge is 0.497 e. The highest BCUT2D eigenvalue weighted by molar-refractivity contribution is 6.14. The van der Waals surface area contributed by atoms with Crippen molar-refractivity contribution in [3.63, 3.8) is 0 Å². The summed E-state index contributed by atoms with van der Waals surface area (Å²) in [6.45, 7) is 16.1. The highest BCUT2D eigenvalue weighted by Gasteiger charge is 2.28. The van der Waals surface area contributed by atoms with Crippen LogP contribution in [0.2, 0.25) is 0 Å². The van der Waals surface area contributed by atoms with Crippen LogP contribution in [-0.4, -0.2) is 68.5 Å². The Morgan fingerprint density at radius 2 is 1.97 bits per heavy atom. The maximum absolute atomic E-state index is 6.32. The van der Waals surface area contributed by atoms with Crippen LogP contribution in [0.3, 0.4) is 0 Å². The van der Waals surface area contributed by atoms with E-state index >= 15 is 0 Å². The molecule has 0 saturated carbocycles. The summed E-state index contributed by atoms with van der Waals surface area (Å²) in [5.41, 5.74) is 9.63. The van der Waals surface area contributed by atoms with E-state index < -0.39 is 0 Å². The molecule has 1 aromatic carbocycles. The third kappa shape index (κ3) is 5.78. The number of piperazine rings is 1. The van der Waals surface area contributed by atoms with E-state index in [0.717, 1.165) is 76.6 Å². The molecule has 5 heteroatoms. The fourth-order valence-electron chi connectivity index (χ4n) is 6.33. The summed E-state index contributed by atoms with van der Waals surface area (Å²) in [7, 11) is 1.75. The van der Waals surface area contributed by atoms with Gasteiger partial charge in [0, 0.05) is 55.8 Å². The molecule has 1 aromatic rings. The standard InChI is InChI=1S/C33H45N3O2/c1-6-8-27-20-34-33(25(27)4)26-9-7-10-29(18-26)38-22-23(2)21-35-13-15-36(16-14-35)32-17-24(3)30-12-11-28(37-5)19-31(30)32/h10-12,17-19,23-24H,6-9,13-16,20-22H2,1-5H3. The molecule has 0 N–H and O–H groups in total. The zero-order chi connectivity index (χ0) is 26.6. The van der Waals surface area contributed by atoms with Gasteiger partial charge in [-0.05, 0) is 72.8 Å². The van der Waals surface area contributed by atoms with E-state index in [2.05, 4.69) is 73.9 Å². The number of benzene rings is 1. The molecule has 2 aliphatic carbocycles. The van der Waals surface area contributed by atoms with Crippen molar-refractivity contribution in [2.24, 2.45) is 10.9 Å². The van der Waals surface area contributed by atoms with Crippen LogP contribution in [-0.2, 0) is 4.74 Å². The molecule has 2 atom stereocenters. The molecule has 2 heterocycles. The molecule has 2 unspecified atom stereocenters. The number of hydrogen-bond acceptors (Lipinski definition) is 5. The van der Waals surface area contributed by atoms with Crippen molar-refractivity contribution in [2.45, 2.75) is 59.3 Å². The quantitative estimate of drug-likeness (QED) is 0.352. The Morgan fingerprint density at radius 1 is 1.16 bits per heavy atom. The first kappa shape index (κ1) is 26.8. The minimum Gasteiger partial charge on any atom is -0.497 e. The van der Waals surface area contributed by atoms with Gasteiger partial charge in [0.15, 0.2) is 0 Å². The van der Waals surface area contributed by atoms with Gasteiger partial charge < -0.3 is 14.4 Å². The van der Waals surface area contributed by atoms with Gasteiger partial charge in [0.05, 0.1) is 26.0 Å². The van der Waals surface area contributed by atoms with Crippen molar-refractivity contribution in [3.05, 3.63) is 70.0 Å². The zero-order valence-corrected chi connectivity index (χ0v) is 24.1. The zero-order valence-electron chi connectivity index (χ0n) is 24.1. The molecule has 204 valence electrons. The van der Waals surface area contributed by atoms with Crippen LogP contribution in [0, 0.1) is 5.92 Å². The second-order valence-corrected chi connectivity index (χ2v) is 11.5. The number of allylic oxidation sites excluding steroid dienone is 5. The van der Waals surface area contributed by atoms with Crippen molar-refractivity contribution < 1.29 is 9.47 Å². The Hall–Kier alpha value is -2.79. The van der Waals surface area contributed by atoms with Gasteiger partial charge in [0.2, 0.25) is 0 Å². The molecule has 0 spiro atoms.